The van der Waals surface area contributed by atoms with Crippen LogP contribution in [0.15, 0.2) is 35.1 Å². The molecule has 136 valence electrons. The summed E-state index contributed by atoms with van der Waals surface area (Å²) in [5, 5.41) is 8.47. The van der Waals surface area contributed by atoms with Gasteiger partial charge < -0.3 is 10.2 Å². The highest BCUT2D eigenvalue weighted by atomic mass is 32.1. The van der Waals surface area contributed by atoms with Gasteiger partial charge in [0.25, 0.3) is 5.56 Å². The minimum absolute atomic E-state index is 0.120. The lowest BCUT2D eigenvalue weighted by Crippen LogP contribution is -2.30. The number of nitrogens with one attached hydrogen (secondary N) is 1. The van der Waals surface area contributed by atoms with Crippen molar-refractivity contribution < 1.29 is 0 Å². The maximum Gasteiger partial charge on any atom is 0.275 e. The van der Waals surface area contributed by atoms with Crippen LogP contribution in [0.3, 0.4) is 0 Å². The number of para-hydroxylation sites is 1. The first kappa shape index (κ1) is 17.0. The van der Waals surface area contributed by atoms with E-state index in [0.29, 0.717) is 11.5 Å². The second-order valence-electron chi connectivity index (χ2n) is 6.57. The Balaban J connectivity index is 1.55. The van der Waals surface area contributed by atoms with Crippen LogP contribution in [0.5, 0.6) is 0 Å². The summed E-state index contributed by atoms with van der Waals surface area (Å²) < 4.78 is 1.38. The summed E-state index contributed by atoms with van der Waals surface area (Å²) in [6.07, 6.45) is 4.59. The highest BCUT2D eigenvalue weighted by Crippen LogP contribution is 2.25. The van der Waals surface area contributed by atoms with Crippen LogP contribution in [-0.4, -0.2) is 27.7 Å². The number of hydrogen-bond acceptors (Lipinski definition) is 6. The third kappa shape index (κ3) is 3.44. The van der Waals surface area contributed by atoms with E-state index in [1.807, 2.05) is 6.92 Å². The number of hydrogen-bond donors (Lipinski definition) is 1. The van der Waals surface area contributed by atoms with Crippen LogP contribution in [-0.2, 0) is 13.0 Å². The molecule has 0 saturated carbocycles. The Morgan fingerprint density at radius 1 is 1.19 bits per heavy atom. The van der Waals surface area contributed by atoms with E-state index in [-0.39, 0.29) is 5.56 Å². The number of piperidine rings is 1. The smallest absolute Gasteiger partial charge is 0.275 e. The molecule has 3 heterocycles. The van der Waals surface area contributed by atoms with Gasteiger partial charge in [-0.3, -0.25) is 4.79 Å². The Kier molecular flexibility index (Phi) is 4.88. The molecule has 7 heteroatoms. The Hall–Kier alpha value is -2.41. The molecule has 0 bridgehead atoms. The summed E-state index contributed by atoms with van der Waals surface area (Å²) in [5.74, 6) is 0. The van der Waals surface area contributed by atoms with Crippen molar-refractivity contribution in [1.82, 2.24) is 14.6 Å². The van der Waals surface area contributed by atoms with Gasteiger partial charge in [-0.2, -0.15) is 4.52 Å². The maximum atomic E-state index is 12.1. The number of aromatic nitrogens is 3. The van der Waals surface area contributed by atoms with Crippen LogP contribution >= 0.6 is 11.3 Å². The second-order valence-corrected chi connectivity index (χ2v) is 7.53. The van der Waals surface area contributed by atoms with Crippen molar-refractivity contribution in [1.29, 1.82) is 0 Å². The molecule has 6 nitrogen and oxygen atoms in total. The van der Waals surface area contributed by atoms with Gasteiger partial charge in [0.05, 0.1) is 0 Å². The normalized spacial score (nSPS) is 14.7. The zero-order chi connectivity index (χ0) is 17.9. The van der Waals surface area contributed by atoms with Crippen LogP contribution in [0, 0.1) is 0 Å². The molecule has 1 fully saturated rings. The molecule has 1 N–H and O–H groups in total. The first-order chi connectivity index (χ1) is 12.7. The van der Waals surface area contributed by atoms with Gasteiger partial charge in [-0.25, -0.2) is 4.98 Å². The van der Waals surface area contributed by atoms with Crippen LogP contribution in [0.4, 0.5) is 10.8 Å². The molecule has 0 unspecified atom stereocenters. The number of anilines is 2. The minimum atomic E-state index is -0.120. The summed E-state index contributed by atoms with van der Waals surface area (Å²) in [6.45, 7) is 4.92. The molecule has 4 rings (SSSR count). The first-order valence-corrected chi connectivity index (χ1v) is 10.0. The fraction of sp³-hybridized carbons (Fsp3) is 0.421. The fourth-order valence-corrected chi connectivity index (χ4v) is 4.20. The van der Waals surface area contributed by atoms with Gasteiger partial charge >= 0.3 is 0 Å². The van der Waals surface area contributed by atoms with Crippen molar-refractivity contribution in [3.8, 4) is 0 Å². The third-order valence-electron chi connectivity index (χ3n) is 4.78. The predicted molar refractivity (Wildman–Crippen MR) is 106 cm³/mol. The maximum absolute atomic E-state index is 12.1. The van der Waals surface area contributed by atoms with Crippen LogP contribution in [0.2, 0.25) is 0 Å². The van der Waals surface area contributed by atoms with Gasteiger partial charge in [0.2, 0.25) is 10.1 Å². The molecule has 0 amide bonds. The Bertz CT molecular complexity index is 958. The van der Waals surface area contributed by atoms with Crippen LogP contribution in [0.1, 0.15) is 37.4 Å². The summed E-state index contributed by atoms with van der Waals surface area (Å²) in [7, 11) is 0. The predicted octanol–water partition coefficient (Wildman–Crippen LogP) is 3.32. The molecule has 0 radical (unpaired) electrons. The summed E-state index contributed by atoms with van der Waals surface area (Å²) in [4.78, 5) is 19.7. The Labute approximate surface area is 156 Å². The summed E-state index contributed by atoms with van der Waals surface area (Å²) in [6, 6.07) is 10.1. The molecule has 2 aromatic heterocycles. The molecule has 26 heavy (non-hydrogen) atoms. The van der Waals surface area contributed by atoms with E-state index in [1.165, 1.54) is 46.4 Å². The van der Waals surface area contributed by atoms with Gasteiger partial charge in [0.15, 0.2) is 0 Å². The average Bonchev–Trinajstić information content (AvgIpc) is 3.11. The zero-order valence-electron chi connectivity index (χ0n) is 14.9. The molecule has 0 aliphatic carbocycles. The lowest BCUT2D eigenvalue weighted by molar-refractivity contribution is 0.576. The molecule has 1 saturated heterocycles. The zero-order valence-corrected chi connectivity index (χ0v) is 15.8. The van der Waals surface area contributed by atoms with Crippen molar-refractivity contribution in [3.05, 3.63) is 51.9 Å². The molecule has 1 aromatic carbocycles. The number of aryl methyl sites for hydroxylation is 1. The standard InChI is InChI=1S/C19H23N5OS/c1-2-15-12-17(25)24-19(21-15)26-18(22-24)20-13-14-8-4-5-9-16(14)23-10-6-3-7-11-23/h4-5,8-9,12H,2-3,6-7,10-11,13H2,1H3,(H,20,22). The highest BCUT2D eigenvalue weighted by Gasteiger charge is 2.14. The Morgan fingerprint density at radius 3 is 2.81 bits per heavy atom. The largest absolute Gasteiger partial charge is 0.371 e. The number of nitrogens with zero attached hydrogens (tertiary/aromatic N) is 4. The minimum Gasteiger partial charge on any atom is -0.371 e. The molecule has 0 spiro atoms. The van der Waals surface area contributed by atoms with E-state index in [0.717, 1.165) is 30.3 Å². The number of rotatable bonds is 5. The van der Waals surface area contributed by atoms with Crippen molar-refractivity contribution in [3.63, 3.8) is 0 Å². The summed E-state index contributed by atoms with van der Waals surface area (Å²) >= 11 is 1.42. The van der Waals surface area contributed by atoms with Crippen molar-refractivity contribution in [2.45, 2.75) is 39.2 Å². The number of benzene rings is 1. The van der Waals surface area contributed by atoms with Gasteiger partial charge in [-0.1, -0.05) is 36.5 Å². The van der Waals surface area contributed by atoms with E-state index in [1.54, 1.807) is 6.07 Å². The average molecular weight is 369 g/mol. The molecular formula is C19H23N5OS. The number of fused-ring (bicyclic) bond motifs is 1. The van der Waals surface area contributed by atoms with E-state index in [9.17, 15) is 4.79 Å². The lowest BCUT2D eigenvalue weighted by atomic mass is 10.1. The molecule has 0 atom stereocenters. The van der Waals surface area contributed by atoms with Gasteiger partial charge in [0.1, 0.15) is 0 Å². The first-order valence-electron chi connectivity index (χ1n) is 9.21. The molecule has 3 aromatic rings. The van der Waals surface area contributed by atoms with E-state index in [4.69, 9.17) is 0 Å². The second kappa shape index (κ2) is 7.45. The van der Waals surface area contributed by atoms with E-state index < -0.39 is 0 Å². The van der Waals surface area contributed by atoms with Gasteiger partial charge in [-0.15, -0.1) is 5.10 Å². The van der Waals surface area contributed by atoms with Crippen LogP contribution < -0.4 is 15.8 Å². The van der Waals surface area contributed by atoms with Gasteiger partial charge in [-0.05, 0) is 37.3 Å². The summed E-state index contributed by atoms with van der Waals surface area (Å²) in [5.41, 5.74) is 3.23. The van der Waals surface area contributed by atoms with Gasteiger partial charge in [0, 0.05) is 37.1 Å². The topological polar surface area (TPSA) is 62.5 Å². The van der Waals surface area contributed by atoms with Crippen molar-refractivity contribution >= 4 is 27.1 Å². The van der Waals surface area contributed by atoms with Crippen LogP contribution in [0.25, 0.3) is 4.96 Å². The Morgan fingerprint density at radius 2 is 2.00 bits per heavy atom. The quantitative estimate of drug-likeness (QED) is 0.747. The van der Waals surface area contributed by atoms with E-state index >= 15 is 0 Å². The highest BCUT2D eigenvalue weighted by molar-refractivity contribution is 7.20. The van der Waals surface area contributed by atoms with Crippen molar-refractivity contribution in [2.24, 2.45) is 0 Å². The molecule has 1 aliphatic heterocycles. The third-order valence-corrected chi connectivity index (χ3v) is 5.64. The van der Waals surface area contributed by atoms with E-state index in [2.05, 4.69) is 44.6 Å². The molecular weight excluding hydrogens is 346 g/mol. The molecule has 1 aliphatic rings. The monoisotopic (exact) mass is 369 g/mol. The fourth-order valence-electron chi connectivity index (χ4n) is 3.38. The SMILES string of the molecule is CCc1cc(=O)n2nc(NCc3ccccc3N3CCCCC3)sc2n1. The van der Waals surface area contributed by atoms with Crippen molar-refractivity contribution in [2.75, 3.05) is 23.3 Å². The lowest BCUT2D eigenvalue weighted by Gasteiger charge is -2.30.